The van der Waals surface area contributed by atoms with Gasteiger partial charge in [0.05, 0.1) is 84.4 Å². The zero-order valence-electron chi connectivity index (χ0n) is 29.4. The number of nitrogens with zero attached hydrogens (tertiary/aromatic N) is 8. The largest absolute Gasteiger partial charge is 0.477 e. The third-order valence-electron chi connectivity index (χ3n) is 9.04. The summed E-state index contributed by atoms with van der Waals surface area (Å²) in [5.41, 5.74) is 4.49. The molecule has 0 bridgehead atoms. The number of nitrogens with one attached hydrogen (secondary N) is 4. The molecule has 2 aliphatic heterocycles. The Morgan fingerprint density at radius 3 is 1.58 bits per heavy atom. The lowest BCUT2D eigenvalue weighted by atomic mass is 10.1. The van der Waals surface area contributed by atoms with Gasteiger partial charge in [-0.15, -0.1) is 0 Å². The molecular formula is C34H42F2N12O4. The lowest BCUT2D eigenvalue weighted by molar-refractivity contribution is -0.000678. The summed E-state index contributed by atoms with van der Waals surface area (Å²) < 4.78 is 53.3. The molecule has 0 saturated carbocycles. The van der Waals surface area contributed by atoms with Crippen LogP contribution in [0.3, 0.4) is 0 Å². The number of hydrogen-bond donors (Lipinski definition) is 4. The smallest absolute Gasteiger partial charge is 0.232 e. The fraction of sp³-hybridized carbons (Fsp3) is 0.471. The molecule has 0 radical (unpaired) electrons. The first kappa shape index (κ1) is 35.1. The number of ether oxygens (including phenoxy) is 4. The van der Waals surface area contributed by atoms with Crippen LogP contribution < -0.4 is 20.1 Å². The van der Waals surface area contributed by atoms with Gasteiger partial charge in [0.25, 0.3) is 0 Å². The van der Waals surface area contributed by atoms with Gasteiger partial charge in [0.2, 0.25) is 23.7 Å². The van der Waals surface area contributed by atoms with Crippen LogP contribution in [0.5, 0.6) is 11.8 Å². The molecule has 4 unspecified atom stereocenters. The molecule has 0 aromatic carbocycles. The molecule has 0 amide bonds. The van der Waals surface area contributed by atoms with E-state index in [4.69, 9.17) is 18.9 Å². The number of aromatic amines is 2. The molecule has 0 spiro atoms. The first-order valence-corrected chi connectivity index (χ1v) is 17.4. The third-order valence-corrected chi connectivity index (χ3v) is 9.04. The van der Waals surface area contributed by atoms with Gasteiger partial charge in [0, 0.05) is 25.6 Å². The van der Waals surface area contributed by atoms with E-state index < -0.39 is 12.3 Å². The number of alkyl halides is 2. The molecule has 8 rings (SSSR count). The quantitative estimate of drug-likeness (QED) is 0.134. The van der Waals surface area contributed by atoms with Gasteiger partial charge in [0.15, 0.2) is 0 Å². The number of rotatable bonds is 10. The van der Waals surface area contributed by atoms with Gasteiger partial charge in [-0.05, 0) is 52.7 Å². The van der Waals surface area contributed by atoms with Crippen molar-refractivity contribution in [3.05, 3.63) is 48.3 Å². The van der Waals surface area contributed by atoms with Crippen LogP contribution >= 0.6 is 0 Å². The Morgan fingerprint density at radius 1 is 0.731 bits per heavy atom. The maximum absolute atomic E-state index is 14.2. The van der Waals surface area contributed by atoms with Crippen molar-refractivity contribution < 1.29 is 27.7 Å². The highest BCUT2D eigenvalue weighted by Gasteiger charge is 2.30. The second-order valence-corrected chi connectivity index (χ2v) is 12.4. The van der Waals surface area contributed by atoms with E-state index in [1.165, 1.54) is 0 Å². The van der Waals surface area contributed by atoms with Crippen LogP contribution in [0.2, 0.25) is 0 Å². The van der Waals surface area contributed by atoms with Gasteiger partial charge in [-0.2, -0.15) is 30.1 Å². The van der Waals surface area contributed by atoms with E-state index in [0.29, 0.717) is 74.2 Å². The maximum Gasteiger partial charge on any atom is 0.232 e. The average molecular weight is 721 g/mol. The summed E-state index contributed by atoms with van der Waals surface area (Å²) in [4.78, 5) is 23.9. The Balaban J connectivity index is 0.000000162. The van der Waals surface area contributed by atoms with Crippen molar-refractivity contribution >= 4 is 45.3 Å². The molecule has 6 aromatic heterocycles. The summed E-state index contributed by atoms with van der Waals surface area (Å²) in [6.07, 6.45) is 5.99. The van der Waals surface area contributed by atoms with Gasteiger partial charge in [-0.3, -0.25) is 9.36 Å². The van der Waals surface area contributed by atoms with Crippen molar-refractivity contribution in [3.63, 3.8) is 0 Å². The Kier molecular flexibility index (Phi) is 10.4. The number of fused-ring (bicyclic) bond motifs is 2. The number of aromatic nitrogens is 10. The summed E-state index contributed by atoms with van der Waals surface area (Å²) in [5.74, 6) is 1.82. The minimum absolute atomic E-state index is 0.108. The molecule has 2 saturated heterocycles. The first-order valence-electron chi connectivity index (χ1n) is 17.4. The normalized spacial score (nSPS) is 20.4. The summed E-state index contributed by atoms with van der Waals surface area (Å²) in [5, 5.41) is 16.7. The highest BCUT2D eigenvalue weighted by Crippen LogP contribution is 2.32. The van der Waals surface area contributed by atoms with Gasteiger partial charge in [-0.25, -0.2) is 8.78 Å². The van der Waals surface area contributed by atoms with Crippen LogP contribution in [0.4, 0.5) is 32.1 Å². The van der Waals surface area contributed by atoms with Crippen molar-refractivity contribution in [2.24, 2.45) is 0 Å². The molecule has 16 nitrogen and oxygen atoms in total. The number of hydrogen-bond acceptors (Lipinski definition) is 12. The van der Waals surface area contributed by atoms with Crippen LogP contribution in [0.15, 0.2) is 36.9 Å². The summed E-state index contributed by atoms with van der Waals surface area (Å²) in [6.45, 7) is 9.92. The van der Waals surface area contributed by atoms with Crippen molar-refractivity contribution in [3.8, 4) is 11.8 Å². The summed E-state index contributed by atoms with van der Waals surface area (Å²) >= 11 is 0. The van der Waals surface area contributed by atoms with E-state index in [-0.39, 0.29) is 25.3 Å². The van der Waals surface area contributed by atoms with Crippen LogP contribution in [0, 0.1) is 13.8 Å². The molecule has 276 valence electrons. The van der Waals surface area contributed by atoms with E-state index in [1.54, 1.807) is 34.2 Å². The zero-order valence-corrected chi connectivity index (χ0v) is 29.4. The molecule has 4 N–H and O–H groups in total. The van der Waals surface area contributed by atoms with Crippen molar-refractivity contribution in [1.82, 2.24) is 49.5 Å². The topological polar surface area (TPSA) is 180 Å². The SMILES string of the molecule is CCOc1nc(Nc2cnn(C3CCOCC3F)c2C)nc2[nH]ccc12.CCOc1nc(Nc2cnn(C3CCOCC3F)c2C)nc2[nH]ccc12. The fourth-order valence-electron chi connectivity index (χ4n) is 6.37. The second kappa shape index (κ2) is 15.5. The van der Waals surface area contributed by atoms with Crippen LogP contribution in [0.25, 0.3) is 22.1 Å². The average Bonchev–Trinajstić information content (AvgIpc) is 3.95. The van der Waals surface area contributed by atoms with E-state index >= 15 is 0 Å². The second-order valence-electron chi connectivity index (χ2n) is 12.4. The molecule has 0 aliphatic carbocycles. The van der Waals surface area contributed by atoms with Crippen LogP contribution in [-0.4, -0.2) is 101 Å². The standard InChI is InChI=1S/2C17H21FN6O2/c2*1-3-26-16-11-4-6-19-15(11)22-17(23-16)21-13-8-20-24(10(13)2)14-5-7-25-9-12(14)18/h2*4,6,8,12,14H,3,5,7,9H2,1-2H3,(H2,19,21,22,23). The summed E-state index contributed by atoms with van der Waals surface area (Å²) in [6, 6.07) is 3.12. The predicted molar refractivity (Wildman–Crippen MR) is 189 cm³/mol. The van der Waals surface area contributed by atoms with E-state index in [1.807, 2.05) is 39.8 Å². The Bertz CT molecular complexity index is 1960. The third kappa shape index (κ3) is 7.20. The Morgan fingerprint density at radius 2 is 1.17 bits per heavy atom. The predicted octanol–water partition coefficient (Wildman–Crippen LogP) is 5.81. The molecule has 4 atom stereocenters. The summed E-state index contributed by atoms with van der Waals surface area (Å²) in [7, 11) is 0. The minimum atomic E-state index is -1.06. The van der Waals surface area contributed by atoms with Crippen molar-refractivity contribution in [2.45, 2.75) is 65.0 Å². The van der Waals surface area contributed by atoms with Crippen molar-refractivity contribution in [1.29, 1.82) is 0 Å². The Hall–Kier alpha value is -5.36. The van der Waals surface area contributed by atoms with Crippen LogP contribution in [-0.2, 0) is 9.47 Å². The van der Waals surface area contributed by atoms with Gasteiger partial charge in [-0.1, -0.05) is 0 Å². The van der Waals surface area contributed by atoms with E-state index in [9.17, 15) is 8.78 Å². The Labute approximate surface area is 297 Å². The minimum Gasteiger partial charge on any atom is -0.477 e. The zero-order chi connectivity index (χ0) is 36.2. The van der Waals surface area contributed by atoms with Crippen LogP contribution in [0.1, 0.15) is 50.2 Å². The monoisotopic (exact) mass is 720 g/mol. The maximum atomic E-state index is 14.2. The number of H-pyrrole nitrogens is 2. The van der Waals surface area contributed by atoms with Gasteiger partial charge in [0.1, 0.15) is 23.6 Å². The number of anilines is 4. The molecule has 6 aromatic rings. The van der Waals surface area contributed by atoms with E-state index in [0.717, 1.165) is 33.5 Å². The molecule has 2 aliphatic rings. The number of halogens is 2. The van der Waals surface area contributed by atoms with Crippen molar-refractivity contribution in [2.75, 3.05) is 50.3 Å². The highest BCUT2D eigenvalue weighted by molar-refractivity contribution is 5.83. The molecule has 8 heterocycles. The molecule has 2 fully saturated rings. The van der Waals surface area contributed by atoms with Gasteiger partial charge < -0.3 is 39.5 Å². The lowest BCUT2D eigenvalue weighted by Gasteiger charge is -2.27. The lowest BCUT2D eigenvalue weighted by Crippen LogP contribution is -2.32. The molecule has 18 heteroatoms. The van der Waals surface area contributed by atoms with E-state index in [2.05, 4.69) is 50.7 Å². The molecule has 52 heavy (non-hydrogen) atoms. The molecular weight excluding hydrogens is 678 g/mol. The first-order chi connectivity index (χ1) is 25.3. The highest BCUT2D eigenvalue weighted by atomic mass is 19.1. The van der Waals surface area contributed by atoms with Gasteiger partial charge >= 0.3 is 0 Å². The fourth-order valence-corrected chi connectivity index (χ4v) is 6.37.